The van der Waals surface area contributed by atoms with Crippen LogP contribution in [0.3, 0.4) is 0 Å². The van der Waals surface area contributed by atoms with Crippen molar-refractivity contribution in [2.75, 3.05) is 7.05 Å². The van der Waals surface area contributed by atoms with Crippen molar-refractivity contribution in [3.8, 4) is 6.07 Å². The molecule has 1 amide bonds. The van der Waals surface area contributed by atoms with Crippen LogP contribution in [0.1, 0.15) is 17.9 Å². The van der Waals surface area contributed by atoms with E-state index in [-0.39, 0.29) is 17.6 Å². The Kier molecular flexibility index (Phi) is 4.32. The maximum Gasteiger partial charge on any atom is 0.244 e. The summed E-state index contributed by atoms with van der Waals surface area (Å²) in [4.78, 5) is 23.6. The summed E-state index contributed by atoms with van der Waals surface area (Å²) in [6.07, 6.45) is 0.631. The molecule has 1 aromatic rings. The highest BCUT2D eigenvalue weighted by atomic mass is 35.5. The predicted molar refractivity (Wildman–Crippen MR) is 75.5 cm³/mol. The fourth-order valence-electron chi connectivity index (χ4n) is 2.23. The molecular weight excluding hydrogens is 299 g/mol. The quantitative estimate of drug-likeness (QED) is 0.869. The van der Waals surface area contributed by atoms with Crippen molar-refractivity contribution in [2.24, 2.45) is 11.8 Å². The van der Waals surface area contributed by atoms with E-state index >= 15 is 0 Å². The van der Waals surface area contributed by atoms with Crippen LogP contribution in [-0.2, 0) is 9.59 Å². The van der Waals surface area contributed by atoms with Gasteiger partial charge in [0.05, 0.1) is 16.1 Å². The lowest BCUT2D eigenvalue weighted by Crippen LogP contribution is -2.33. The normalized spacial score (nSPS) is 21.7. The van der Waals surface area contributed by atoms with Crippen molar-refractivity contribution >= 4 is 34.9 Å². The van der Waals surface area contributed by atoms with Gasteiger partial charge in [0.1, 0.15) is 0 Å². The number of nitriles is 1. The number of halogens is 2. The molecule has 0 radical (unpaired) electrons. The number of benzene rings is 1. The van der Waals surface area contributed by atoms with Crippen molar-refractivity contribution in [3.05, 3.63) is 33.8 Å². The van der Waals surface area contributed by atoms with Gasteiger partial charge in [0.15, 0.2) is 11.7 Å². The summed E-state index contributed by atoms with van der Waals surface area (Å²) >= 11 is 11.8. The zero-order valence-corrected chi connectivity index (χ0v) is 12.2. The fraction of sp³-hybridized carbons (Fsp3) is 0.357. The third-order valence-electron chi connectivity index (χ3n) is 3.45. The third-order valence-corrected chi connectivity index (χ3v) is 4.19. The molecule has 0 unspecified atom stereocenters. The van der Waals surface area contributed by atoms with Crippen LogP contribution in [0.25, 0.3) is 0 Å². The van der Waals surface area contributed by atoms with Crippen molar-refractivity contribution in [2.45, 2.75) is 12.3 Å². The molecule has 1 fully saturated rings. The van der Waals surface area contributed by atoms with Crippen molar-refractivity contribution < 1.29 is 9.59 Å². The molecule has 0 spiro atoms. The topological polar surface area (TPSA) is 70.0 Å². The molecule has 0 saturated heterocycles. The molecule has 0 aromatic heterocycles. The smallest absolute Gasteiger partial charge is 0.244 e. The van der Waals surface area contributed by atoms with Gasteiger partial charge in [-0.05, 0) is 30.0 Å². The van der Waals surface area contributed by atoms with Crippen LogP contribution < -0.4 is 5.32 Å². The van der Waals surface area contributed by atoms with Crippen molar-refractivity contribution in [3.63, 3.8) is 0 Å². The summed E-state index contributed by atoms with van der Waals surface area (Å²) in [5.74, 6) is -2.41. The molecule has 1 N–H and O–H groups in total. The highest BCUT2D eigenvalue weighted by molar-refractivity contribution is 6.42. The standard InChI is InChI=1S/C14H12Cl2N2O2/c1-18-14(20)10(6-17)13(19)9-5-8(9)7-2-3-11(15)12(16)4-7/h2-4,8-10H,5H2,1H3,(H,18,20)/t8-,9-,10+/m0/s1. The van der Waals surface area contributed by atoms with Crippen LogP contribution in [0.2, 0.25) is 10.0 Å². The summed E-state index contributed by atoms with van der Waals surface area (Å²) in [6, 6.07) is 6.98. The second kappa shape index (κ2) is 5.82. The van der Waals surface area contributed by atoms with Gasteiger partial charge in [-0.2, -0.15) is 5.26 Å². The molecule has 0 aliphatic heterocycles. The summed E-state index contributed by atoms with van der Waals surface area (Å²) < 4.78 is 0. The summed E-state index contributed by atoms with van der Waals surface area (Å²) in [5, 5.41) is 12.2. The monoisotopic (exact) mass is 310 g/mol. The molecule has 1 saturated carbocycles. The first kappa shape index (κ1) is 14.8. The first-order chi connectivity index (χ1) is 9.49. The predicted octanol–water partition coefficient (Wildman–Crippen LogP) is 2.55. The summed E-state index contributed by atoms with van der Waals surface area (Å²) in [5.41, 5.74) is 0.909. The number of rotatable bonds is 4. The summed E-state index contributed by atoms with van der Waals surface area (Å²) in [7, 11) is 1.41. The number of amides is 1. The van der Waals surface area contributed by atoms with E-state index < -0.39 is 11.8 Å². The maximum absolute atomic E-state index is 12.1. The molecule has 4 nitrogen and oxygen atoms in total. The van der Waals surface area contributed by atoms with E-state index in [0.717, 1.165) is 5.56 Å². The van der Waals surface area contributed by atoms with E-state index in [2.05, 4.69) is 5.32 Å². The second-order valence-electron chi connectivity index (χ2n) is 4.70. The van der Waals surface area contributed by atoms with E-state index in [9.17, 15) is 9.59 Å². The molecule has 1 aliphatic rings. The fourth-order valence-corrected chi connectivity index (χ4v) is 2.54. The molecular formula is C14H12Cl2N2O2. The van der Waals surface area contributed by atoms with Gasteiger partial charge in [-0.1, -0.05) is 29.3 Å². The van der Waals surface area contributed by atoms with Crippen molar-refractivity contribution in [1.82, 2.24) is 5.32 Å². The third kappa shape index (κ3) is 2.79. The van der Waals surface area contributed by atoms with Gasteiger partial charge in [-0.3, -0.25) is 9.59 Å². The molecule has 1 aliphatic carbocycles. The minimum atomic E-state index is -1.24. The Bertz CT molecular complexity index is 610. The van der Waals surface area contributed by atoms with E-state index in [1.807, 2.05) is 6.07 Å². The van der Waals surface area contributed by atoms with Gasteiger partial charge in [0, 0.05) is 13.0 Å². The van der Waals surface area contributed by atoms with Crippen LogP contribution in [0.5, 0.6) is 0 Å². The molecule has 0 heterocycles. The van der Waals surface area contributed by atoms with Crippen LogP contribution in [0.4, 0.5) is 0 Å². The molecule has 1 aromatic carbocycles. The Hall–Kier alpha value is -1.57. The number of carbonyl (C=O) groups excluding carboxylic acids is 2. The average molecular weight is 311 g/mol. The van der Waals surface area contributed by atoms with Crippen LogP contribution >= 0.6 is 23.2 Å². The average Bonchev–Trinajstić information content (AvgIpc) is 3.22. The van der Waals surface area contributed by atoms with Crippen LogP contribution in [0.15, 0.2) is 18.2 Å². The highest BCUT2D eigenvalue weighted by Crippen LogP contribution is 2.49. The number of ketones is 1. The SMILES string of the molecule is CNC(=O)[C@H](C#N)C(=O)[C@H]1C[C@H]1c1ccc(Cl)c(Cl)c1. The Morgan fingerprint density at radius 1 is 1.40 bits per heavy atom. The molecule has 104 valence electrons. The Morgan fingerprint density at radius 3 is 2.65 bits per heavy atom. The number of nitrogens with one attached hydrogen (secondary N) is 1. The van der Waals surface area contributed by atoms with E-state index in [1.165, 1.54) is 7.05 Å². The first-order valence-corrected chi connectivity index (χ1v) is 6.85. The second-order valence-corrected chi connectivity index (χ2v) is 5.52. The van der Waals surface area contributed by atoms with E-state index in [4.69, 9.17) is 28.5 Å². The van der Waals surface area contributed by atoms with Crippen molar-refractivity contribution in [1.29, 1.82) is 5.26 Å². The first-order valence-electron chi connectivity index (χ1n) is 6.09. The van der Waals surface area contributed by atoms with Gasteiger partial charge in [0.2, 0.25) is 5.91 Å². The Morgan fingerprint density at radius 2 is 2.10 bits per heavy atom. The molecule has 3 atom stereocenters. The van der Waals surface area contributed by atoms with Crippen LogP contribution in [0, 0.1) is 23.2 Å². The Balaban J connectivity index is 2.11. The number of hydrogen-bond acceptors (Lipinski definition) is 3. The van der Waals surface area contributed by atoms with Gasteiger partial charge >= 0.3 is 0 Å². The van der Waals surface area contributed by atoms with Crippen LogP contribution in [-0.4, -0.2) is 18.7 Å². The minimum absolute atomic E-state index is 0.0118. The number of nitrogens with zero attached hydrogens (tertiary/aromatic N) is 1. The van der Waals surface area contributed by atoms with Gasteiger partial charge in [-0.25, -0.2) is 0 Å². The molecule has 2 rings (SSSR count). The zero-order chi connectivity index (χ0) is 14.9. The maximum atomic E-state index is 12.1. The number of carbonyl (C=O) groups is 2. The van der Waals surface area contributed by atoms with E-state index in [0.29, 0.717) is 16.5 Å². The molecule has 0 bridgehead atoms. The lowest BCUT2D eigenvalue weighted by molar-refractivity contribution is -0.132. The molecule has 6 heteroatoms. The lowest BCUT2D eigenvalue weighted by Gasteiger charge is -2.06. The number of hydrogen-bond donors (Lipinski definition) is 1. The van der Waals surface area contributed by atoms with Gasteiger partial charge < -0.3 is 5.32 Å². The lowest BCUT2D eigenvalue weighted by atomic mass is 9.98. The van der Waals surface area contributed by atoms with Gasteiger partial charge in [0.25, 0.3) is 0 Å². The van der Waals surface area contributed by atoms with E-state index in [1.54, 1.807) is 18.2 Å². The number of Topliss-reactive ketones (excluding diaryl/α,β-unsaturated/α-hetero) is 1. The van der Waals surface area contributed by atoms with Gasteiger partial charge in [-0.15, -0.1) is 0 Å². The highest BCUT2D eigenvalue weighted by Gasteiger charge is 2.47. The largest absolute Gasteiger partial charge is 0.358 e. The minimum Gasteiger partial charge on any atom is -0.358 e. The summed E-state index contributed by atoms with van der Waals surface area (Å²) in [6.45, 7) is 0. The Labute approximate surface area is 126 Å². The zero-order valence-electron chi connectivity index (χ0n) is 10.7. The molecule has 20 heavy (non-hydrogen) atoms.